The summed E-state index contributed by atoms with van der Waals surface area (Å²) in [5.74, 6) is 0.134. The van der Waals surface area contributed by atoms with Crippen molar-refractivity contribution in [3.8, 4) is 0 Å². The molecule has 22 heavy (non-hydrogen) atoms. The number of piperazine rings is 1. The molecule has 0 radical (unpaired) electrons. The van der Waals surface area contributed by atoms with E-state index < -0.39 is 0 Å². The molecule has 1 heterocycles. The smallest absolute Gasteiger partial charge is 0.224 e. The Morgan fingerprint density at radius 2 is 1.77 bits per heavy atom. The van der Waals surface area contributed by atoms with Crippen LogP contribution in [-0.2, 0) is 9.59 Å². The van der Waals surface area contributed by atoms with Crippen LogP contribution in [-0.4, -0.2) is 60.6 Å². The normalized spacial score (nSPS) is 14.6. The first-order valence-corrected chi connectivity index (χ1v) is 7.42. The van der Waals surface area contributed by atoms with Crippen LogP contribution in [0.4, 0.5) is 5.69 Å². The number of anilines is 1. The molecule has 1 N–H and O–H groups in total. The fourth-order valence-corrected chi connectivity index (χ4v) is 2.37. The SMILES string of the molecule is CC(=O)c1ccc(NCCC(=O)N2CCN(C=O)CC2)cc1. The Labute approximate surface area is 130 Å². The van der Waals surface area contributed by atoms with Crippen LogP contribution < -0.4 is 5.32 Å². The highest BCUT2D eigenvalue weighted by molar-refractivity contribution is 5.94. The minimum atomic E-state index is 0.0381. The van der Waals surface area contributed by atoms with Gasteiger partial charge in [0.2, 0.25) is 12.3 Å². The van der Waals surface area contributed by atoms with Gasteiger partial charge in [-0.25, -0.2) is 0 Å². The van der Waals surface area contributed by atoms with E-state index in [1.807, 2.05) is 12.1 Å². The lowest BCUT2D eigenvalue weighted by atomic mass is 10.1. The van der Waals surface area contributed by atoms with Crippen LogP contribution in [0.3, 0.4) is 0 Å². The molecule has 1 fully saturated rings. The van der Waals surface area contributed by atoms with Crippen LogP contribution in [0.15, 0.2) is 24.3 Å². The van der Waals surface area contributed by atoms with Crippen molar-refractivity contribution >= 4 is 23.8 Å². The average Bonchev–Trinajstić information content (AvgIpc) is 2.55. The molecule has 0 spiro atoms. The third-order valence-electron chi connectivity index (χ3n) is 3.78. The van der Waals surface area contributed by atoms with Gasteiger partial charge in [-0.1, -0.05) is 0 Å². The van der Waals surface area contributed by atoms with Crippen LogP contribution in [0.2, 0.25) is 0 Å². The molecular formula is C16H21N3O3. The second-order valence-corrected chi connectivity index (χ2v) is 5.33. The van der Waals surface area contributed by atoms with Gasteiger partial charge in [-0.15, -0.1) is 0 Å². The van der Waals surface area contributed by atoms with E-state index in [2.05, 4.69) is 5.32 Å². The summed E-state index contributed by atoms with van der Waals surface area (Å²) in [6.07, 6.45) is 1.24. The van der Waals surface area contributed by atoms with Crippen LogP contribution in [0, 0.1) is 0 Å². The van der Waals surface area contributed by atoms with E-state index in [1.165, 1.54) is 6.92 Å². The number of rotatable bonds is 6. The second-order valence-electron chi connectivity index (χ2n) is 5.33. The van der Waals surface area contributed by atoms with Crippen molar-refractivity contribution in [3.05, 3.63) is 29.8 Å². The van der Waals surface area contributed by atoms with Crippen molar-refractivity contribution in [3.63, 3.8) is 0 Å². The minimum Gasteiger partial charge on any atom is -0.385 e. The molecule has 0 saturated carbocycles. The van der Waals surface area contributed by atoms with Gasteiger partial charge in [0.15, 0.2) is 5.78 Å². The lowest BCUT2D eigenvalue weighted by molar-refractivity contribution is -0.134. The molecule has 1 aromatic rings. The summed E-state index contributed by atoms with van der Waals surface area (Å²) < 4.78 is 0. The zero-order valence-corrected chi connectivity index (χ0v) is 12.7. The predicted molar refractivity (Wildman–Crippen MR) is 83.8 cm³/mol. The van der Waals surface area contributed by atoms with E-state index in [4.69, 9.17) is 0 Å². The van der Waals surface area contributed by atoms with Crippen molar-refractivity contribution in [1.29, 1.82) is 0 Å². The number of carbonyl (C=O) groups excluding carboxylic acids is 3. The Bertz CT molecular complexity index is 534. The quantitative estimate of drug-likeness (QED) is 0.628. The third-order valence-corrected chi connectivity index (χ3v) is 3.78. The van der Waals surface area contributed by atoms with Crippen LogP contribution in [0.1, 0.15) is 23.7 Å². The zero-order chi connectivity index (χ0) is 15.9. The summed E-state index contributed by atoms with van der Waals surface area (Å²) in [5, 5.41) is 3.18. The Hall–Kier alpha value is -2.37. The molecule has 1 aliphatic rings. The van der Waals surface area contributed by atoms with Gasteiger partial charge in [-0.2, -0.15) is 0 Å². The first kappa shape index (κ1) is 16.0. The number of hydrogen-bond donors (Lipinski definition) is 1. The number of hydrogen-bond acceptors (Lipinski definition) is 4. The van der Waals surface area contributed by atoms with Crippen molar-refractivity contribution in [2.24, 2.45) is 0 Å². The van der Waals surface area contributed by atoms with E-state index in [-0.39, 0.29) is 11.7 Å². The van der Waals surface area contributed by atoms with Crippen molar-refractivity contribution in [2.75, 3.05) is 38.0 Å². The molecular weight excluding hydrogens is 282 g/mol. The largest absolute Gasteiger partial charge is 0.385 e. The highest BCUT2D eigenvalue weighted by atomic mass is 16.2. The molecule has 0 aromatic heterocycles. The van der Waals surface area contributed by atoms with Gasteiger partial charge in [-0.05, 0) is 31.2 Å². The molecule has 2 amide bonds. The van der Waals surface area contributed by atoms with Crippen molar-refractivity contribution in [1.82, 2.24) is 9.80 Å². The number of carbonyl (C=O) groups is 3. The predicted octanol–water partition coefficient (Wildman–Crippen LogP) is 0.992. The first-order valence-electron chi connectivity index (χ1n) is 7.42. The second kappa shape index (κ2) is 7.59. The summed E-state index contributed by atoms with van der Waals surface area (Å²) in [7, 11) is 0. The number of benzene rings is 1. The molecule has 0 unspecified atom stereocenters. The van der Waals surface area contributed by atoms with Gasteiger partial charge in [0.25, 0.3) is 0 Å². The summed E-state index contributed by atoms with van der Waals surface area (Å²) in [6.45, 7) is 4.50. The fraction of sp³-hybridized carbons (Fsp3) is 0.438. The average molecular weight is 303 g/mol. The summed E-state index contributed by atoms with van der Waals surface area (Å²) in [5.41, 5.74) is 1.57. The highest BCUT2D eigenvalue weighted by Gasteiger charge is 2.19. The van der Waals surface area contributed by atoms with Gasteiger partial charge in [0.05, 0.1) is 0 Å². The van der Waals surface area contributed by atoms with Gasteiger partial charge in [-0.3, -0.25) is 14.4 Å². The molecule has 2 rings (SSSR count). The fourth-order valence-electron chi connectivity index (χ4n) is 2.37. The van der Waals surface area contributed by atoms with Gasteiger partial charge in [0, 0.05) is 50.4 Å². The number of nitrogens with zero attached hydrogens (tertiary/aromatic N) is 2. The molecule has 0 aliphatic carbocycles. The lowest BCUT2D eigenvalue weighted by Gasteiger charge is -2.32. The molecule has 1 aliphatic heterocycles. The number of amides is 2. The molecule has 1 saturated heterocycles. The molecule has 0 atom stereocenters. The Balaban J connectivity index is 1.73. The standard InChI is InChI=1S/C16H21N3O3/c1-13(21)14-2-4-15(5-3-14)17-7-6-16(22)19-10-8-18(12-20)9-11-19/h2-5,12,17H,6-11H2,1H3. The van der Waals surface area contributed by atoms with Crippen LogP contribution >= 0.6 is 0 Å². The summed E-state index contributed by atoms with van der Waals surface area (Å²) >= 11 is 0. The Morgan fingerprint density at radius 3 is 2.32 bits per heavy atom. The molecule has 0 bridgehead atoms. The molecule has 6 nitrogen and oxygen atoms in total. The molecule has 118 valence electrons. The van der Waals surface area contributed by atoms with Gasteiger partial charge < -0.3 is 15.1 Å². The minimum absolute atomic E-state index is 0.0381. The van der Waals surface area contributed by atoms with E-state index in [0.29, 0.717) is 44.7 Å². The molecule has 1 aromatic carbocycles. The van der Waals surface area contributed by atoms with E-state index in [0.717, 1.165) is 12.1 Å². The van der Waals surface area contributed by atoms with E-state index in [9.17, 15) is 14.4 Å². The summed E-state index contributed by atoms with van der Waals surface area (Å²) in [4.78, 5) is 37.3. The Kier molecular flexibility index (Phi) is 5.52. The number of ketones is 1. The van der Waals surface area contributed by atoms with Gasteiger partial charge in [0.1, 0.15) is 0 Å². The van der Waals surface area contributed by atoms with Crippen molar-refractivity contribution < 1.29 is 14.4 Å². The molecule has 6 heteroatoms. The maximum atomic E-state index is 12.1. The third kappa shape index (κ3) is 4.31. The van der Waals surface area contributed by atoms with Crippen LogP contribution in [0.25, 0.3) is 0 Å². The van der Waals surface area contributed by atoms with Gasteiger partial charge >= 0.3 is 0 Å². The zero-order valence-electron chi connectivity index (χ0n) is 12.7. The lowest BCUT2D eigenvalue weighted by Crippen LogP contribution is -2.48. The monoisotopic (exact) mass is 303 g/mol. The van der Waals surface area contributed by atoms with Crippen LogP contribution in [0.5, 0.6) is 0 Å². The maximum absolute atomic E-state index is 12.1. The highest BCUT2D eigenvalue weighted by Crippen LogP contribution is 2.10. The maximum Gasteiger partial charge on any atom is 0.224 e. The topological polar surface area (TPSA) is 69.7 Å². The number of nitrogens with one attached hydrogen (secondary N) is 1. The van der Waals surface area contributed by atoms with Crippen molar-refractivity contribution in [2.45, 2.75) is 13.3 Å². The number of Topliss-reactive ketones (excluding diaryl/α,β-unsaturated/α-hetero) is 1. The van der Waals surface area contributed by atoms with E-state index in [1.54, 1.807) is 21.9 Å². The van der Waals surface area contributed by atoms with E-state index >= 15 is 0 Å². The first-order chi connectivity index (χ1) is 10.6. The summed E-state index contributed by atoms with van der Waals surface area (Å²) in [6, 6.07) is 7.21. The Morgan fingerprint density at radius 1 is 1.14 bits per heavy atom.